The first-order valence-electron chi connectivity index (χ1n) is 8.38. The van der Waals surface area contributed by atoms with Gasteiger partial charge in [0.25, 0.3) is 11.6 Å². The molecule has 2 aromatic carbocycles. The van der Waals surface area contributed by atoms with E-state index in [-0.39, 0.29) is 27.9 Å². The van der Waals surface area contributed by atoms with Crippen LogP contribution in [0.4, 0.5) is 10.8 Å². The molecule has 0 aliphatic rings. The molecule has 0 bridgehead atoms. The number of ketones is 1. The highest BCUT2D eigenvalue weighted by molar-refractivity contribution is 7.18. The quantitative estimate of drug-likeness (QED) is 0.272. The standard InChI is InChI=1S/C20H15N3O5S/c1-12-18(17(25)10-7-13-5-8-16(24)9-6-13)29-20(21-12)22-19(26)14-3-2-4-15(11-14)23(27)28/h2-11,24H,1H3,(H,21,22,26). The summed E-state index contributed by atoms with van der Waals surface area (Å²) in [6.45, 7) is 1.65. The van der Waals surface area contributed by atoms with Crippen molar-refractivity contribution in [3.63, 3.8) is 0 Å². The SMILES string of the molecule is Cc1nc(NC(=O)c2cccc([N+](=O)[O-])c2)sc1C(=O)C=Cc1ccc(O)cc1. The molecule has 0 radical (unpaired) electrons. The molecule has 0 saturated carbocycles. The maximum atomic E-state index is 12.4. The number of nitro groups is 1. The molecule has 0 spiro atoms. The highest BCUT2D eigenvalue weighted by Crippen LogP contribution is 2.25. The van der Waals surface area contributed by atoms with Crippen LogP contribution in [0.15, 0.2) is 54.6 Å². The van der Waals surface area contributed by atoms with Crippen molar-refractivity contribution in [3.05, 3.63) is 86.4 Å². The summed E-state index contributed by atoms with van der Waals surface area (Å²) in [4.78, 5) is 39.6. The van der Waals surface area contributed by atoms with Gasteiger partial charge in [0.15, 0.2) is 10.9 Å². The highest BCUT2D eigenvalue weighted by Gasteiger charge is 2.17. The molecule has 0 aliphatic heterocycles. The molecule has 0 atom stereocenters. The summed E-state index contributed by atoms with van der Waals surface area (Å²) in [6.07, 6.45) is 3.00. The van der Waals surface area contributed by atoms with Crippen molar-refractivity contribution in [1.29, 1.82) is 0 Å². The second-order valence-corrected chi connectivity index (χ2v) is 6.98. The Balaban J connectivity index is 1.73. The Labute approximate surface area is 169 Å². The van der Waals surface area contributed by atoms with E-state index in [4.69, 9.17) is 0 Å². The molecule has 2 N–H and O–H groups in total. The largest absolute Gasteiger partial charge is 0.508 e. The second-order valence-electron chi connectivity index (χ2n) is 5.98. The number of benzene rings is 2. The van der Waals surface area contributed by atoms with E-state index in [1.807, 2.05) is 0 Å². The Morgan fingerprint density at radius 3 is 2.62 bits per heavy atom. The number of hydrogen-bond donors (Lipinski definition) is 2. The Morgan fingerprint density at radius 2 is 1.93 bits per heavy atom. The van der Waals surface area contributed by atoms with Crippen LogP contribution >= 0.6 is 11.3 Å². The van der Waals surface area contributed by atoms with Crippen LogP contribution in [0.25, 0.3) is 6.08 Å². The minimum Gasteiger partial charge on any atom is -0.508 e. The first-order chi connectivity index (χ1) is 13.8. The van der Waals surface area contributed by atoms with Gasteiger partial charge in [0.2, 0.25) is 0 Å². The number of hydrogen-bond acceptors (Lipinski definition) is 7. The number of nitrogens with one attached hydrogen (secondary N) is 1. The lowest BCUT2D eigenvalue weighted by Crippen LogP contribution is -2.11. The van der Waals surface area contributed by atoms with E-state index >= 15 is 0 Å². The van der Waals surface area contributed by atoms with Crippen molar-refractivity contribution in [2.45, 2.75) is 6.92 Å². The Hall–Kier alpha value is -3.85. The molecule has 3 rings (SSSR count). The van der Waals surface area contributed by atoms with E-state index in [1.165, 1.54) is 42.5 Å². The fraction of sp³-hybridized carbons (Fsp3) is 0.0500. The van der Waals surface area contributed by atoms with Gasteiger partial charge in [-0.15, -0.1) is 0 Å². The van der Waals surface area contributed by atoms with E-state index in [0.717, 1.165) is 16.9 Å². The number of non-ortho nitro benzene ring substituents is 1. The van der Waals surface area contributed by atoms with Crippen molar-refractivity contribution in [3.8, 4) is 5.75 Å². The van der Waals surface area contributed by atoms with Gasteiger partial charge < -0.3 is 5.11 Å². The zero-order valence-corrected chi connectivity index (χ0v) is 16.0. The van der Waals surface area contributed by atoms with Gasteiger partial charge in [-0.05, 0) is 36.8 Å². The molecular formula is C20H15N3O5S. The van der Waals surface area contributed by atoms with Crippen LogP contribution in [0.1, 0.15) is 31.3 Å². The number of carbonyl (C=O) groups is 2. The average Bonchev–Trinajstić information content (AvgIpc) is 3.07. The van der Waals surface area contributed by atoms with Gasteiger partial charge >= 0.3 is 0 Å². The number of anilines is 1. The zero-order valence-electron chi connectivity index (χ0n) is 15.2. The number of allylic oxidation sites excluding steroid dienone is 1. The number of nitrogens with zero attached hydrogens (tertiary/aromatic N) is 2. The topological polar surface area (TPSA) is 122 Å². The number of rotatable bonds is 6. The van der Waals surface area contributed by atoms with Crippen LogP contribution in [0.3, 0.4) is 0 Å². The Bertz CT molecular complexity index is 1120. The number of aromatic hydroxyl groups is 1. The van der Waals surface area contributed by atoms with Crippen LogP contribution in [0.5, 0.6) is 5.75 Å². The molecule has 1 aromatic heterocycles. The third kappa shape index (κ3) is 4.90. The van der Waals surface area contributed by atoms with Gasteiger partial charge in [-0.25, -0.2) is 4.98 Å². The third-order valence-electron chi connectivity index (χ3n) is 3.88. The van der Waals surface area contributed by atoms with Crippen LogP contribution in [-0.4, -0.2) is 26.7 Å². The molecule has 0 saturated heterocycles. The lowest BCUT2D eigenvalue weighted by atomic mass is 10.1. The van der Waals surface area contributed by atoms with Crippen molar-refractivity contribution in [1.82, 2.24) is 4.98 Å². The summed E-state index contributed by atoms with van der Waals surface area (Å²) in [5, 5.41) is 22.9. The van der Waals surface area contributed by atoms with Crippen molar-refractivity contribution in [2.24, 2.45) is 0 Å². The summed E-state index contributed by atoms with van der Waals surface area (Å²) in [7, 11) is 0. The zero-order chi connectivity index (χ0) is 21.0. The molecule has 29 heavy (non-hydrogen) atoms. The number of amides is 1. The molecule has 1 amide bonds. The summed E-state index contributed by atoms with van der Waals surface area (Å²) in [5.74, 6) is -0.694. The number of thiazole rings is 1. The Kier molecular flexibility index (Phi) is 5.79. The highest BCUT2D eigenvalue weighted by atomic mass is 32.1. The summed E-state index contributed by atoms with van der Waals surface area (Å²) < 4.78 is 0. The second kappa shape index (κ2) is 8.44. The van der Waals surface area contributed by atoms with Gasteiger partial charge in [0.1, 0.15) is 5.75 Å². The lowest BCUT2D eigenvalue weighted by Gasteiger charge is -2.01. The number of phenols is 1. The molecule has 8 nitrogen and oxygen atoms in total. The summed E-state index contributed by atoms with van der Waals surface area (Å²) in [6, 6.07) is 11.7. The smallest absolute Gasteiger partial charge is 0.270 e. The minimum atomic E-state index is -0.582. The van der Waals surface area contributed by atoms with Crippen LogP contribution in [0, 0.1) is 17.0 Å². The first kappa shape index (κ1) is 19.9. The number of aryl methyl sites for hydroxylation is 1. The minimum absolute atomic E-state index is 0.118. The molecule has 1 heterocycles. The van der Waals surface area contributed by atoms with Crippen molar-refractivity contribution >= 4 is 39.9 Å². The third-order valence-corrected chi connectivity index (χ3v) is 4.97. The molecule has 9 heteroatoms. The van der Waals surface area contributed by atoms with Gasteiger partial charge in [0.05, 0.1) is 15.5 Å². The number of phenolic OH excluding ortho intramolecular Hbond substituents is 1. The lowest BCUT2D eigenvalue weighted by molar-refractivity contribution is -0.384. The van der Waals surface area contributed by atoms with Crippen molar-refractivity contribution in [2.75, 3.05) is 5.32 Å². The van der Waals surface area contributed by atoms with Crippen molar-refractivity contribution < 1.29 is 19.6 Å². The fourth-order valence-electron chi connectivity index (χ4n) is 2.44. The van der Waals surface area contributed by atoms with Crippen LogP contribution < -0.4 is 5.32 Å². The van der Waals surface area contributed by atoms with Gasteiger partial charge in [0, 0.05) is 17.7 Å². The van der Waals surface area contributed by atoms with Gasteiger partial charge in [-0.3, -0.25) is 25.0 Å². The molecular weight excluding hydrogens is 394 g/mol. The van der Waals surface area contributed by atoms with E-state index in [2.05, 4.69) is 10.3 Å². The maximum absolute atomic E-state index is 12.4. The Morgan fingerprint density at radius 1 is 1.21 bits per heavy atom. The molecule has 0 aliphatic carbocycles. The number of aromatic nitrogens is 1. The van der Waals surface area contributed by atoms with Crippen LogP contribution in [0.2, 0.25) is 0 Å². The van der Waals surface area contributed by atoms with Gasteiger partial charge in [-0.2, -0.15) is 0 Å². The maximum Gasteiger partial charge on any atom is 0.270 e. The predicted octanol–water partition coefficient (Wildman–Crippen LogP) is 4.21. The summed E-state index contributed by atoms with van der Waals surface area (Å²) >= 11 is 1.02. The van der Waals surface area contributed by atoms with E-state index in [9.17, 15) is 24.8 Å². The normalized spacial score (nSPS) is 10.8. The van der Waals surface area contributed by atoms with Gasteiger partial charge in [-0.1, -0.05) is 35.6 Å². The fourth-order valence-corrected chi connectivity index (χ4v) is 3.32. The summed E-state index contributed by atoms with van der Waals surface area (Å²) in [5.41, 5.74) is 1.14. The first-order valence-corrected chi connectivity index (χ1v) is 9.20. The predicted molar refractivity (Wildman–Crippen MR) is 109 cm³/mol. The van der Waals surface area contributed by atoms with E-state index in [1.54, 1.807) is 25.1 Å². The molecule has 3 aromatic rings. The molecule has 146 valence electrons. The number of nitro benzene ring substituents is 1. The van der Waals surface area contributed by atoms with E-state index in [0.29, 0.717) is 10.6 Å². The number of carbonyl (C=O) groups excluding carboxylic acids is 2. The molecule has 0 unspecified atom stereocenters. The van der Waals surface area contributed by atoms with E-state index < -0.39 is 10.8 Å². The monoisotopic (exact) mass is 409 g/mol. The van der Waals surface area contributed by atoms with Crippen LogP contribution in [-0.2, 0) is 0 Å². The average molecular weight is 409 g/mol. The molecule has 0 fully saturated rings.